The Morgan fingerprint density at radius 2 is 1.71 bits per heavy atom. The highest BCUT2D eigenvalue weighted by Crippen LogP contribution is 2.22. The van der Waals surface area contributed by atoms with Gasteiger partial charge in [0, 0.05) is 44.3 Å². The number of halogens is 2. The van der Waals surface area contributed by atoms with Crippen LogP contribution in [0.1, 0.15) is 24.2 Å². The number of amides is 2. The van der Waals surface area contributed by atoms with Crippen LogP contribution in [-0.2, 0) is 4.79 Å². The van der Waals surface area contributed by atoms with E-state index >= 15 is 0 Å². The second kappa shape index (κ2) is 8.70. The van der Waals surface area contributed by atoms with Crippen molar-refractivity contribution in [3.63, 3.8) is 0 Å². The van der Waals surface area contributed by atoms with E-state index in [2.05, 4.69) is 4.90 Å². The highest BCUT2D eigenvalue weighted by Gasteiger charge is 2.25. The van der Waals surface area contributed by atoms with Crippen LogP contribution in [0.5, 0.6) is 0 Å². The third-order valence-electron chi connectivity index (χ3n) is 4.30. The second-order valence-electron chi connectivity index (χ2n) is 5.76. The summed E-state index contributed by atoms with van der Waals surface area (Å²) in [4.78, 5) is 30.4. The zero-order chi connectivity index (χ0) is 17.7. The summed E-state index contributed by atoms with van der Waals surface area (Å²) in [5, 5.41) is 0.878. The summed E-state index contributed by atoms with van der Waals surface area (Å²) in [6.07, 6.45) is 0. The molecule has 0 radical (unpaired) electrons. The molecule has 0 unspecified atom stereocenters. The summed E-state index contributed by atoms with van der Waals surface area (Å²) < 4.78 is 0. The Morgan fingerprint density at radius 1 is 1.08 bits per heavy atom. The summed E-state index contributed by atoms with van der Waals surface area (Å²) >= 11 is 12.0. The third-order valence-corrected chi connectivity index (χ3v) is 4.84. The SMILES string of the molecule is CCN(CC)C(=O)CN1CCN(C(=O)c2ccc(Cl)cc2Cl)CC1. The van der Waals surface area contributed by atoms with Crippen molar-refractivity contribution < 1.29 is 9.59 Å². The van der Waals surface area contributed by atoms with E-state index in [0.717, 1.165) is 13.1 Å². The van der Waals surface area contributed by atoms with Gasteiger partial charge in [-0.1, -0.05) is 23.2 Å². The lowest BCUT2D eigenvalue weighted by atomic mass is 10.1. The molecule has 0 spiro atoms. The largest absolute Gasteiger partial charge is 0.342 e. The van der Waals surface area contributed by atoms with Gasteiger partial charge in [-0.05, 0) is 32.0 Å². The summed E-state index contributed by atoms with van der Waals surface area (Å²) in [6.45, 7) is 8.36. The highest BCUT2D eigenvalue weighted by molar-refractivity contribution is 6.36. The minimum atomic E-state index is -0.0913. The molecule has 0 atom stereocenters. The van der Waals surface area contributed by atoms with Crippen LogP contribution in [0, 0.1) is 0 Å². The molecule has 0 aliphatic carbocycles. The van der Waals surface area contributed by atoms with Crippen molar-refractivity contribution in [3.8, 4) is 0 Å². The molecule has 1 aliphatic heterocycles. The van der Waals surface area contributed by atoms with Crippen molar-refractivity contribution in [2.75, 3.05) is 45.8 Å². The Hall–Kier alpha value is -1.30. The lowest BCUT2D eigenvalue weighted by molar-refractivity contribution is -0.132. The van der Waals surface area contributed by atoms with Crippen molar-refractivity contribution in [2.45, 2.75) is 13.8 Å². The van der Waals surface area contributed by atoms with Gasteiger partial charge in [0.2, 0.25) is 5.91 Å². The van der Waals surface area contributed by atoms with E-state index in [0.29, 0.717) is 48.3 Å². The van der Waals surface area contributed by atoms with Gasteiger partial charge in [0.1, 0.15) is 0 Å². The van der Waals surface area contributed by atoms with Gasteiger partial charge < -0.3 is 9.80 Å². The molecule has 0 saturated carbocycles. The number of hydrogen-bond donors (Lipinski definition) is 0. The monoisotopic (exact) mass is 371 g/mol. The molecule has 1 aromatic carbocycles. The van der Waals surface area contributed by atoms with Crippen molar-refractivity contribution in [1.82, 2.24) is 14.7 Å². The number of rotatable bonds is 5. The molecule has 0 N–H and O–H groups in total. The topological polar surface area (TPSA) is 43.9 Å². The second-order valence-corrected chi connectivity index (χ2v) is 6.60. The Morgan fingerprint density at radius 3 is 2.25 bits per heavy atom. The maximum atomic E-state index is 12.6. The Balaban J connectivity index is 1.90. The minimum Gasteiger partial charge on any atom is -0.342 e. The number of piperazine rings is 1. The van der Waals surface area contributed by atoms with Gasteiger partial charge in [-0.15, -0.1) is 0 Å². The number of nitrogens with zero attached hydrogens (tertiary/aromatic N) is 3. The predicted octanol–water partition coefficient (Wildman–Crippen LogP) is 2.62. The fourth-order valence-corrected chi connectivity index (χ4v) is 3.30. The zero-order valence-electron chi connectivity index (χ0n) is 14.1. The smallest absolute Gasteiger partial charge is 0.255 e. The molecule has 2 amide bonds. The maximum Gasteiger partial charge on any atom is 0.255 e. The molecule has 1 fully saturated rings. The number of carbonyl (C=O) groups excluding carboxylic acids is 2. The first-order chi connectivity index (χ1) is 11.5. The summed E-state index contributed by atoms with van der Waals surface area (Å²) in [5.41, 5.74) is 0.466. The van der Waals surface area contributed by atoms with Crippen LogP contribution in [0.4, 0.5) is 0 Å². The molecule has 1 aromatic rings. The van der Waals surface area contributed by atoms with Gasteiger partial charge in [-0.2, -0.15) is 0 Å². The van der Waals surface area contributed by atoms with Gasteiger partial charge >= 0.3 is 0 Å². The molecular formula is C17H23Cl2N3O2. The normalized spacial score (nSPS) is 15.4. The average molecular weight is 372 g/mol. The highest BCUT2D eigenvalue weighted by atomic mass is 35.5. The van der Waals surface area contributed by atoms with Crippen LogP contribution < -0.4 is 0 Å². The number of benzene rings is 1. The molecule has 5 nitrogen and oxygen atoms in total. The first-order valence-electron chi connectivity index (χ1n) is 8.20. The molecule has 0 aromatic heterocycles. The molecule has 7 heteroatoms. The van der Waals surface area contributed by atoms with Crippen LogP contribution >= 0.6 is 23.2 Å². The molecule has 2 rings (SSSR count). The van der Waals surface area contributed by atoms with E-state index in [1.54, 1.807) is 23.1 Å². The first kappa shape index (κ1) is 19.0. The standard InChI is InChI=1S/C17H23Cl2N3O2/c1-3-21(4-2)16(23)12-20-7-9-22(10-8-20)17(24)14-6-5-13(18)11-15(14)19/h5-6,11H,3-4,7-10,12H2,1-2H3. The molecule has 0 bridgehead atoms. The molecular weight excluding hydrogens is 349 g/mol. The van der Waals surface area contributed by atoms with Crippen LogP contribution in [-0.4, -0.2) is 72.3 Å². The van der Waals surface area contributed by atoms with E-state index < -0.39 is 0 Å². The quantitative estimate of drug-likeness (QED) is 0.798. The lowest BCUT2D eigenvalue weighted by Gasteiger charge is -2.35. The first-order valence-corrected chi connectivity index (χ1v) is 8.96. The van der Waals surface area contributed by atoms with Gasteiger partial charge in [0.15, 0.2) is 0 Å². The number of likely N-dealkylation sites (N-methyl/N-ethyl adjacent to an activating group) is 1. The minimum absolute atomic E-state index is 0.0913. The molecule has 24 heavy (non-hydrogen) atoms. The van der Waals surface area contributed by atoms with Crippen molar-refractivity contribution >= 4 is 35.0 Å². The maximum absolute atomic E-state index is 12.6. The van der Waals surface area contributed by atoms with Crippen molar-refractivity contribution in [1.29, 1.82) is 0 Å². The molecule has 132 valence electrons. The lowest BCUT2D eigenvalue weighted by Crippen LogP contribution is -2.51. The van der Waals surface area contributed by atoms with Crippen LogP contribution in [0.15, 0.2) is 18.2 Å². The van der Waals surface area contributed by atoms with Crippen LogP contribution in [0.2, 0.25) is 10.0 Å². The van der Waals surface area contributed by atoms with Crippen molar-refractivity contribution in [3.05, 3.63) is 33.8 Å². The van der Waals surface area contributed by atoms with Crippen LogP contribution in [0.25, 0.3) is 0 Å². The third kappa shape index (κ3) is 4.62. The Labute approximate surface area is 153 Å². The van der Waals surface area contributed by atoms with Gasteiger partial charge in [-0.3, -0.25) is 14.5 Å². The molecule has 1 heterocycles. The Bertz CT molecular complexity index is 597. The summed E-state index contributed by atoms with van der Waals surface area (Å²) in [5.74, 6) is 0.0481. The number of carbonyl (C=O) groups is 2. The fourth-order valence-electron chi connectivity index (χ4n) is 2.81. The van der Waals surface area contributed by atoms with Gasteiger partial charge in [-0.25, -0.2) is 0 Å². The van der Waals surface area contributed by atoms with E-state index in [1.165, 1.54) is 0 Å². The molecule has 1 saturated heterocycles. The van der Waals surface area contributed by atoms with E-state index in [1.807, 2.05) is 18.7 Å². The molecule has 1 aliphatic rings. The van der Waals surface area contributed by atoms with Crippen LogP contribution in [0.3, 0.4) is 0 Å². The summed E-state index contributed by atoms with van der Waals surface area (Å²) in [6, 6.07) is 4.90. The van der Waals surface area contributed by atoms with Crippen molar-refractivity contribution in [2.24, 2.45) is 0 Å². The zero-order valence-corrected chi connectivity index (χ0v) is 15.6. The Kier molecular flexibility index (Phi) is 6.90. The van der Waals surface area contributed by atoms with Gasteiger partial charge in [0.25, 0.3) is 5.91 Å². The van der Waals surface area contributed by atoms with E-state index in [-0.39, 0.29) is 11.8 Å². The number of hydrogen-bond acceptors (Lipinski definition) is 3. The summed E-state index contributed by atoms with van der Waals surface area (Å²) in [7, 11) is 0. The van der Waals surface area contributed by atoms with E-state index in [4.69, 9.17) is 23.2 Å². The fraction of sp³-hybridized carbons (Fsp3) is 0.529. The van der Waals surface area contributed by atoms with Gasteiger partial charge in [0.05, 0.1) is 17.1 Å². The predicted molar refractivity (Wildman–Crippen MR) is 96.7 cm³/mol. The van der Waals surface area contributed by atoms with E-state index in [9.17, 15) is 9.59 Å². The average Bonchev–Trinajstić information content (AvgIpc) is 2.56.